The normalized spacial score (nSPS) is 20.0. The highest BCUT2D eigenvalue weighted by molar-refractivity contribution is 9.28. The molecule has 0 aliphatic carbocycles. The maximum Gasteiger partial charge on any atom is 0.0597 e. The molecule has 0 N–H and O–H groups in total. The van der Waals surface area contributed by atoms with Crippen molar-refractivity contribution in [3.63, 3.8) is 0 Å². The second-order valence-corrected chi connectivity index (χ2v) is 4.63. The molecule has 0 aromatic rings. The van der Waals surface area contributed by atoms with E-state index in [2.05, 4.69) is 31.9 Å². The molecule has 0 aromatic carbocycles. The number of halogens is 2. The lowest BCUT2D eigenvalue weighted by Gasteiger charge is -2.14. The van der Waals surface area contributed by atoms with Crippen LogP contribution >= 0.6 is 31.9 Å². The van der Waals surface area contributed by atoms with Crippen molar-refractivity contribution in [2.24, 2.45) is 0 Å². The summed E-state index contributed by atoms with van der Waals surface area (Å²) < 4.78 is 6.28. The van der Waals surface area contributed by atoms with Crippen LogP contribution in [0.5, 0.6) is 0 Å². The first-order chi connectivity index (χ1) is 4.30. The zero-order valence-electron chi connectivity index (χ0n) is 4.99. The van der Waals surface area contributed by atoms with Crippen molar-refractivity contribution in [2.75, 3.05) is 13.2 Å². The Morgan fingerprint density at radius 1 is 1.22 bits per heavy atom. The molecule has 1 saturated heterocycles. The smallest absolute Gasteiger partial charge is 0.0597 e. The summed E-state index contributed by atoms with van der Waals surface area (Å²) in [5.41, 5.74) is 1.43. The molecule has 0 atom stereocenters. The zero-order valence-corrected chi connectivity index (χ0v) is 8.16. The number of hydrogen-bond acceptors (Lipinski definition) is 1. The second-order valence-electron chi connectivity index (χ2n) is 1.98. The highest BCUT2D eigenvalue weighted by Crippen LogP contribution is 2.26. The summed E-state index contributed by atoms with van der Waals surface area (Å²) >= 11 is 6.75. The molecule has 0 aromatic heterocycles. The molecule has 0 spiro atoms. The van der Waals surface area contributed by atoms with Crippen LogP contribution in [0.3, 0.4) is 0 Å². The zero-order chi connectivity index (χ0) is 6.69. The van der Waals surface area contributed by atoms with Gasteiger partial charge in [0.25, 0.3) is 0 Å². The predicted octanol–water partition coefficient (Wildman–Crippen LogP) is 2.80. The van der Waals surface area contributed by atoms with Gasteiger partial charge in [0.05, 0.1) is 16.6 Å². The summed E-state index contributed by atoms with van der Waals surface area (Å²) in [7, 11) is 0. The molecule has 52 valence electrons. The van der Waals surface area contributed by atoms with Crippen molar-refractivity contribution < 1.29 is 4.74 Å². The molecule has 0 radical (unpaired) electrons. The quantitative estimate of drug-likeness (QED) is 0.647. The van der Waals surface area contributed by atoms with Crippen LogP contribution in [0.25, 0.3) is 0 Å². The molecule has 0 unspecified atom stereocenters. The van der Waals surface area contributed by atoms with Gasteiger partial charge in [-0.25, -0.2) is 0 Å². The van der Waals surface area contributed by atoms with Crippen LogP contribution in [0.15, 0.2) is 8.96 Å². The van der Waals surface area contributed by atoms with Crippen LogP contribution in [0.1, 0.15) is 12.8 Å². The first-order valence-corrected chi connectivity index (χ1v) is 4.50. The molecule has 1 aliphatic rings. The lowest BCUT2D eigenvalue weighted by Crippen LogP contribution is -2.07. The Morgan fingerprint density at radius 2 is 1.78 bits per heavy atom. The van der Waals surface area contributed by atoms with Gasteiger partial charge in [0.15, 0.2) is 0 Å². The Hall–Kier alpha value is 0.660. The molecule has 1 fully saturated rings. The number of rotatable bonds is 0. The van der Waals surface area contributed by atoms with Crippen LogP contribution in [0.2, 0.25) is 0 Å². The van der Waals surface area contributed by atoms with Crippen molar-refractivity contribution in [1.82, 2.24) is 0 Å². The molecule has 1 heterocycles. The van der Waals surface area contributed by atoms with E-state index in [0.717, 1.165) is 29.4 Å². The molecule has 0 bridgehead atoms. The van der Waals surface area contributed by atoms with E-state index in [1.54, 1.807) is 0 Å². The van der Waals surface area contributed by atoms with Gasteiger partial charge in [0, 0.05) is 0 Å². The van der Waals surface area contributed by atoms with Crippen molar-refractivity contribution >= 4 is 31.9 Å². The van der Waals surface area contributed by atoms with E-state index in [-0.39, 0.29) is 0 Å². The molecule has 0 saturated carbocycles. The van der Waals surface area contributed by atoms with E-state index in [9.17, 15) is 0 Å². The minimum Gasteiger partial charge on any atom is -0.381 e. The largest absolute Gasteiger partial charge is 0.381 e. The maximum atomic E-state index is 5.17. The summed E-state index contributed by atoms with van der Waals surface area (Å²) in [4.78, 5) is 0. The Kier molecular flexibility index (Phi) is 3.22. The summed E-state index contributed by atoms with van der Waals surface area (Å²) in [6.07, 6.45) is 2.12. The first kappa shape index (κ1) is 7.76. The average Bonchev–Trinajstić information content (AvgIpc) is 1.90. The van der Waals surface area contributed by atoms with Crippen LogP contribution in [-0.2, 0) is 4.74 Å². The average molecular weight is 256 g/mol. The molecule has 1 nitrogen and oxygen atoms in total. The van der Waals surface area contributed by atoms with E-state index in [1.807, 2.05) is 0 Å². The fourth-order valence-electron chi connectivity index (χ4n) is 0.807. The van der Waals surface area contributed by atoms with Crippen molar-refractivity contribution in [1.29, 1.82) is 0 Å². The summed E-state index contributed by atoms with van der Waals surface area (Å²) in [5.74, 6) is 0. The van der Waals surface area contributed by atoms with Gasteiger partial charge in [-0.15, -0.1) is 0 Å². The third-order valence-corrected chi connectivity index (χ3v) is 2.49. The molecular weight excluding hydrogens is 248 g/mol. The van der Waals surface area contributed by atoms with Crippen LogP contribution < -0.4 is 0 Å². The Bertz CT molecular complexity index is 119. The number of ether oxygens (including phenoxy) is 1. The molecule has 3 heteroatoms. The summed E-state index contributed by atoms with van der Waals surface area (Å²) in [6.45, 7) is 1.74. The van der Waals surface area contributed by atoms with E-state index >= 15 is 0 Å². The topological polar surface area (TPSA) is 9.23 Å². The molecule has 0 amide bonds. The van der Waals surface area contributed by atoms with Gasteiger partial charge in [-0.05, 0) is 50.3 Å². The van der Waals surface area contributed by atoms with Gasteiger partial charge in [-0.1, -0.05) is 0 Å². The fourth-order valence-corrected chi connectivity index (χ4v) is 1.60. The Balaban J connectivity index is 2.49. The number of hydrogen-bond donors (Lipinski definition) is 0. The first-order valence-electron chi connectivity index (χ1n) is 2.91. The van der Waals surface area contributed by atoms with Gasteiger partial charge in [-0.3, -0.25) is 0 Å². The van der Waals surface area contributed by atoms with Gasteiger partial charge >= 0.3 is 0 Å². The van der Waals surface area contributed by atoms with Gasteiger partial charge < -0.3 is 4.74 Å². The van der Waals surface area contributed by atoms with E-state index in [0.29, 0.717) is 0 Å². The molecule has 1 aliphatic heterocycles. The maximum absolute atomic E-state index is 5.17. The monoisotopic (exact) mass is 254 g/mol. The molecule has 9 heavy (non-hydrogen) atoms. The van der Waals surface area contributed by atoms with Crippen LogP contribution in [0, 0.1) is 0 Å². The van der Waals surface area contributed by atoms with Crippen LogP contribution in [-0.4, -0.2) is 13.2 Å². The Labute approximate surface area is 71.7 Å². The van der Waals surface area contributed by atoms with E-state index in [1.165, 1.54) is 5.57 Å². The van der Waals surface area contributed by atoms with Gasteiger partial charge in [0.1, 0.15) is 0 Å². The lowest BCUT2D eigenvalue weighted by atomic mass is 10.1. The SMILES string of the molecule is BrC(Br)=C1CCOCC1. The second kappa shape index (κ2) is 3.74. The standard InChI is InChI=1S/C6H8Br2O/c7-6(8)5-1-3-9-4-2-5/h1-4H2. The molecule has 1 rings (SSSR count). The van der Waals surface area contributed by atoms with Gasteiger partial charge in [-0.2, -0.15) is 0 Å². The Morgan fingerprint density at radius 3 is 2.11 bits per heavy atom. The van der Waals surface area contributed by atoms with E-state index in [4.69, 9.17) is 4.74 Å². The summed E-state index contributed by atoms with van der Waals surface area (Å²) in [5, 5.41) is 0. The summed E-state index contributed by atoms with van der Waals surface area (Å²) in [6, 6.07) is 0. The third kappa shape index (κ3) is 2.40. The minimum atomic E-state index is 0.871. The third-order valence-electron chi connectivity index (χ3n) is 1.36. The van der Waals surface area contributed by atoms with Crippen molar-refractivity contribution in [3.05, 3.63) is 8.96 Å². The molecular formula is C6H8Br2O. The minimum absolute atomic E-state index is 0.871. The highest BCUT2D eigenvalue weighted by atomic mass is 79.9. The fraction of sp³-hybridized carbons (Fsp3) is 0.667. The van der Waals surface area contributed by atoms with Crippen molar-refractivity contribution in [3.8, 4) is 0 Å². The van der Waals surface area contributed by atoms with Crippen molar-refractivity contribution in [2.45, 2.75) is 12.8 Å². The van der Waals surface area contributed by atoms with Gasteiger partial charge in [0.2, 0.25) is 0 Å². The van der Waals surface area contributed by atoms with E-state index < -0.39 is 0 Å². The highest BCUT2D eigenvalue weighted by Gasteiger charge is 2.07. The lowest BCUT2D eigenvalue weighted by molar-refractivity contribution is 0.119. The van der Waals surface area contributed by atoms with Crippen LogP contribution in [0.4, 0.5) is 0 Å². The predicted molar refractivity (Wildman–Crippen MR) is 44.9 cm³/mol.